The molecule has 0 atom stereocenters. The van der Waals surface area contributed by atoms with E-state index in [1.165, 1.54) is 10.9 Å². The lowest BCUT2D eigenvalue weighted by Crippen LogP contribution is -2.27. The molecule has 20 heavy (non-hydrogen) atoms. The van der Waals surface area contributed by atoms with E-state index in [0.717, 1.165) is 24.4 Å². The van der Waals surface area contributed by atoms with Gasteiger partial charge in [0.05, 0.1) is 16.9 Å². The summed E-state index contributed by atoms with van der Waals surface area (Å²) >= 11 is 5.91. The Morgan fingerprint density at radius 3 is 2.75 bits per heavy atom. The van der Waals surface area contributed by atoms with Gasteiger partial charge < -0.3 is 5.32 Å². The summed E-state index contributed by atoms with van der Waals surface area (Å²) in [6, 6.07) is 2.04. The molecule has 0 bridgehead atoms. The van der Waals surface area contributed by atoms with Gasteiger partial charge in [-0.3, -0.25) is 14.2 Å². The largest absolute Gasteiger partial charge is 0.351 e. The van der Waals surface area contributed by atoms with Gasteiger partial charge in [-0.15, -0.1) is 0 Å². The number of rotatable bonds is 5. The molecule has 0 fully saturated rings. The van der Waals surface area contributed by atoms with Crippen LogP contribution in [0.2, 0.25) is 5.02 Å². The fourth-order valence-corrected chi connectivity index (χ4v) is 2.33. The Hall–Kier alpha value is -1.82. The molecule has 2 heterocycles. The lowest BCUT2D eigenvalue weighted by atomic mass is 10.3. The molecule has 2 aromatic heterocycles. The molecule has 108 valence electrons. The van der Waals surface area contributed by atoms with Crippen LogP contribution in [0.15, 0.2) is 12.3 Å². The van der Waals surface area contributed by atoms with E-state index in [1.54, 1.807) is 7.05 Å². The van der Waals surface area contributed by atoms with Crippen molar-refractivity contribution >= 4 is 17.5 Å². The van der Waals surface area contributed by atoms with Crippen LogP contribution in [0.5, 0.6) is 0 Å². The summed E-state index contributed by atoms with van der Waals surface area (Å²) in [5.74, 6) is -0.205. The van der Waals surface area contributed by atoms with Crippen molar-refractivity contribution in [2.24, 2.45) is 7.05 Å². The smallest absolute Gasteiger partial charge is 0.271 e. The molecule has 0 aromatic carbocycles. The van der Waals surface area contributed by atoms with E-state index >= 15 is 0 Å². The van der Waals surface area contributed by atoms with Crippen molar-refractivity contribution < 1.29 is 4.79 Å². The Bertz CT molecular complexity index is 597. The van der Waals surface area contributed by atoms with Gasteiger partial charge in [0.25, 0.3) is 5.91 Å². The van der Waals surface area contributed by atoms with Gasteiger partial charge in [-0.1, -0.05) is 11.6 Å². The fraction of sp³-hybridized carbons (Fsp3) is 0.462. The van der Waals surface area contributed by atoms with Crippen molar-refractivity contribution in [2.45, 2.75) is 26.8 Å². The van der Waals surface area contributed by atoms with E-state index < -0.39 is 0 Å². The van der Waals surface area contributed by atoms with Crippen molar-refractivity contribution in [3.63, 3.8) is 0 Å². The lowest BCUT2D eigenvalue weighted by Gasteiger charge is -2.07. The fourth-order valence-electron chi connectivity index (χ4n) is 2.08. The van der Waals surface area contributed by atoms with Gasteiger partial charge in [-0.2, -0.15) is 10.2 Å². The third-order valence-corrected chi connectivity index (χ3v) is 3.32. The normalized spacial score (nSPS) is 10.8. The summed E-state index contributed by atoms with van der Waals surface area (Å²) < 4.78 is 3.41. The van der Waals surface area contributed by atoms with Gasteiger partial charge in [0.1, 0.15) is 5.69 Å². The molecule has 1 N–H and O–H groups in total. The number of nitrogens with zero attached hydrogens (tertiary/aromatic N) is 4. The standard InChI is InChI=1S/C13H18ClN5O/c1-9-7-10(2)19(17-9)6-4-5-15-13(20)12-11(14)8-16-18(12)3/h7-8H,4-6H2,1-3H3,(H,15,20). The van der Waals surface area contributed by atoms with Crippen molar-refractivity contribution in [1.82, 2.24) is 24.9 Å². The molecular weight excluding hydrogens is 278 g/mol. The highest BCUT2D eigenvalue weighted by molar-refractivity contribution is 6.33. The summed E-state index contributed by atoms with van der Waals surface area (Å²) in [4.78, 5) is 12.0. The molecule has 0 saturated heterocycles. The second-order valence-corrected chi connectivity index (χ2v) is 5.13. The second kappa shape index (κ2) is 6.09. The Morgan fingerprint density at radius 1 is 1.45 bits per heavy atom. The lowest BCUT2D eigenvalue weighted by molar-refractivity contribution is 0.0943. The highest BCUT2D eigenvalue weighted by Gasteiger charge is 2.14. The highest BCUT2D eigenvalue weighted by Crippen LogP contribution is 2.13. The number of hydrogen-bond donors (Lipinski definition) is 1. The number of hydrogen-bond acceptors (Lipinski definition) is 3. The van der Waals surface area contributed by atoms with Crippen LogP contribution in [-0.4, -0.2) is 32.0 Å². The van der Waals surface area contributed by atoms with Crippen LogP contribution < -0.4 is 5.32 Å². The summed E-state index contributed by atoms with van der Waals surface area (Å²) in [5, 5.41) is 11.5. The molecule has 0 aliphatic rings. The molecule has 6 nitrogen and oxygen atoms in total. The molecule has 2 rings (SSSR count). The van der Waals surface area contributed by atoms with E-state index in [-0.39, 0.29) is 5.91 Å². The average molecular weight is 296 g/mol. The molecular formula is C13H18ClN5O. The Morgan fingerprint density at radius 2 is 2.20 bits per heavy atom. The van der Waals surface area contributed by atoms with Crippen LogP contribution in [0.1, 0.15) is 28.3 Å². The predicted octanol–water partition coefficient (Wildman–Crippen LogP) is 1.71. The molecule has 7 heteroatoms. The first-order chi connectivity index (χ1) is 9.49. The highest BCUT2D eigenvalue weighted by atomic mass is 35.5. The molecule has 0 aliphatic carbocycles. The first kappa shape index (κ1) is 14.6. The quantitative estimate of drug-likeness (QED) is 0.854. The number of carbonyl (C=O) groups excluding carboxylic acids is 1. The first-order valence-electron chi connectivity index (χ1n) is 6.46. The summed E-state index contributed by atoms with van der Waals surface area (Å²) in [6.07, 6.45) is 2.27. The van der Waals surface area contributed by atoms with E-state index in [9.17, 15) is 4.79 Å². The minimum Gasteiger partial charge on any atom is -0.351 e. The van der Waals surface area contributed by atoms with Gasteiger partial charge in [-0.05, 0) is 26.3 Å². The number of amides is 1. The minimum absolute atomic E-state index is 0.205. The maximum Gasteiger partial charge on any atom is 0.271 e. The number of aryl methyl sites for hydroxylation is 4. The van der Waals surface area contributed by atoms with E-state index in [1.807, 2.05) is 24.6 Å². The van der Waals surface area contributed by atoms with Crippen LogP contribution in [0.3, 0.4) is 0 Å². The number of nitrogens with one attached hydrogen (secondary N) is 1. The van der Waals surface area contributed by atoms with E-state index in [2.05, 4.69) is 15.5 Å². The molecule has 0 radical (unpaired) electrons. The molecule has 1 amide bonds. The number of aromatic nitrogens is 4. The van der Waals surface area contributed by atoms with Crippen LogP contribution in [0, 0.1) is 13.8 Å². The van der Waals surface area contributed by atoms with E-state index in [0.29, 0.717) is 17.3 Å². The zero-order valence-electron chi connectivity index (χ0n) is 11.9. The Balaban J connectivity index is 1.82. The van der Waals surface area contributed by atoms with Gasteiger partial charge in [0.15, 0.2) is 0 Å². The SMILES string of the molecule is Cc1cc(C)n(CCCNC(=O)c2c(Cl)cnn2C)n1. The molecule has 0 spiro atoms. The number of halogens is 1. The number of carbonyl (C=O) groups is 1. The van der Waals surface area contributed by atoms with Crippen molar-refractivity contribution in [1.29, 1.82) is 0 Å². The second-order valence-electron chi connectivity index (χ2n) is 4.72. The Labute approximate surface area is 122 Å². The van der Waals surface area contributed by atoms with E-state index in [4.69, 9.17) is 11.6 Å². The first-order valence-corrected chi connectivity index (χ1v) is 6.83. The summed E-state index contributed by atoms with van der Waals surface area (Å²) in [7, 11) is 1.69. The summed E-state index contributed by atoms with van der Waals surface area (Å²) in [6.45, 7) is 5.33. The maximum absolute atomic E-state index is 12.0. The zero-order valence-corrected chi connectivity index (χ0v) is 12.6. The van der Waals surface area contributed by atoms with Gasteiger partial charge in [0, 0.05) is 25.8 Å². The predicted molar refractivity (Wildman–Crippen MR) is 76.9 cm³/mol. The molecule has 2 aromatic rings. The van der Waals surface area contributed by atoms with Crippen LogP contribution >= 0.6 is 11.6 Å². The van der Waals surface area contributed by atoms with Gasteiger partial charge in [0.2, 0.25) is 0 Å². The van der Waals surface area contributed by atoms with Gasteiger partial charge in [-0.25, -0.2) is 0 Å². The minimum atomic E-state index is -0.205. The molecule has 0 unspecified atom stereocenters. The van der Waals surface area contributed by atoms with Crippen LogP contribution in [0.25, 0.3) is 0 Å². The third kappa shape index (κ3) is 3.19. The van der Waals surface area contributed by atoms with Crippen LogP contribution in [-0.2, 0) is 13.6 Å². The summed E-state index contributed by atoms with van der Waals surface area (Å²) in [5.41, 5.74) is 2.52. The maximum atomic E-state index is 12.0. The molecule has 0 aliphatic heterocycles. The monoisotopic (exact) mass is 295 g/mol. The van der Waals surface area contributed by atoms with Crippen LogP contribution in [0.4, 0.5) is 0 Å². The topological polar surface area (TPSA) is 64.7 Å². The average Bonchev–Trinajstić information content (AvgIpc) is 2.87. The van der Waals surface area contributed by atoms with Crippen molar-refractivity contribution in [3.05, 3.63) is 34.4 Å². The zero-order chi connectivity index (χ0) is 14.7. The van der Waals surface area contributed by atoms with Gasteiger partial charge >= 0.3 is 0 Å². The van der Waals surface area contributed by atoms with Crippen molar-refractivity contribution in [3.8, 4) is 0 Å². The molecule has 0 saturated carbocycles. The Kier molecular flexibility index (Phi) is 4.44. The third-order valence-electron chi connectivity index (χ3n) is 3.04. The van der Waals surface area contributed by atoms with Crippen molar-refractivity contribution in [2.75, 3.05) is 6.54 Å².